The van der Waals surface area contributed by atoms with Crippen LogP contribution in [0.4, 0.5) is 0 Å². The second-order valence-electron chi connectivity index (χ2n) is 5.08. The third kappa shape index (κ3) is 4.24. The van der Waals surface area contributed by atoms with Gasteiger partial charge < -0.3 is 9.47 Å². The molecule has 2 aromatic carbocycles. The molecule has 0 aliphatic rings. The first-order valence-electron chi connectivity index (χ1n) is 6.76. The zero-order valence-corrected chi connectivity index (χ0v) is 15.5. The Morgan fingerprint density at radius 3 is 2.19 bits per heavy atom. The topological polar surface area (TPSA) is 18.5 Å². The van der Waals surface area contributed by atoms with Crippen molar-refractivity contribution in [1.29, 1.82) is 0 Å². The van der Waals surface area contributed by atoms with Crippen molar-refractivity contribution in [3.63, 3.8) is 0 Å². The van der Waals surface area contributed by atoms with Crippen LogP contribution >= 0.6 is 31.9 Å². The maximum Gasteiger partial charge on any atom is 0.125 e. The van der Waals surface area contributed by atoms with E-state index in [9.17, 15) is 0 Å². The van der Waals surface area contributed by atoms with Gasteiger partial charge in [0.25, 0.3) is 0 Å². The number of hydrogen-bond acceptors (Lipinski definition) is 2. The van der Waals surface area contributed by atoms with Gasteiger partial charge in [0.1, 0.15) is 18.1 Å². The highest BCUT2D eigenvalue weighted by Crippen LogP contribution is 2.31. The highest BCUT2D eigenvalue weighted by Gasteiger charge is 2.10. The first kappa shape index (κ1) is 16.4. The number of benzene rings is 2. The van der Waals surface area contributed by atoms with Gasteiger partial charge in [0.2, 0.25) is 0 Å². The summed E-state index contributed by atoms with van der Waals surface area (Å²) in [4.78, 5) is 0. The lowest BCUT2D eigenvalue weighted by atomic mass is 10.0. The number of ether oxygens (including phenoxy) is 2. The summed E-state index contributed by atoms with van der Waals surface area (Å²) < 4.78 is 13.5. The van der Waals surface area contributed by atoms with Crippen LogP contribution in [0.5, 0.6) is 11.5 Å². The third-order valence-electron chi connectivity index (χ3n) is 3.22. The van der Waals surface area contributed by atoms with E-state index in [4.69, 9.17) is 9.47 Å². The second kappa shape index (κ2) is 7.32. The van der Waals surface area contributed by atoms with Crippen molar-refractivity contribution in [1.82, 2.24) is 0 Å². The van der Waals surface area contributed by atoms with Crippen molar-refractivity contribution >= 4 is 31.9 Å². The van der Waals surface area contributed by atoms with Crippen molar-refractivity contribution in [2.45, 2.75) is 26.4 Å². The van der Waals surface area contributed by atoms with Gasteiger partial charge in [-0.25, -0.2) is 0 Å². The van der Waals surface area contributed by atoms with Gasteiger partial charge >= 0.3 is 0 Å². The van der Waals surface area contributed by atoms with Crippen LogP contribution in [0.15, 0.2) is 45.3 Å². The van der Waals surface area contributed by atoms with E-state index < -0.39 is 0 Å². The van der Waals surface area contributed by atoms with Crippen LogP contribution in [0.2, 0.25) is 0 Å². The zero-order valence-electron chi connectivity index (χ0n) is 12.3. The van der Waals surface area contributed by atoms with E-state index >= 15 is 0 Å². The van der Waals surface area contributed by atoms with Gasteiger partial charge in [-0.05, 0) is 47.9 Å². The Labute approximate surface area is 142 Å². The van der Waals surface area contributed by atoms with Gasteiger partial charge in [-0.3, -0.25) is 0 Å². The van der Waals surface area contributed by atoms with Crippen LogP contribution in [0.1, 0.15) is 30.9 Å². The monoisotopic (exact) mass is 412 g/mol. The minimum atomic E-state index is 0.405. The Bertz CT molecular complexity index is 624. The molecule has 0 aliphatic carbocycles. The summed E-state index contributed by atoms with van der Waals surface area (Å²) in [5, 5.41) is 0. The van der Waals surface area contributed by atoms with Gasteiger partial charge in [0.05, 0.1) is 7.11 Å². The maximum atomic E-state index is 6.02. The quantitative estimate of drug-likeness (QED) is 0.605. The number of hydrogen-bond donors (Lipinski definition) is 0. The summed E-state index contributed by atoms with van der Waals surface area (Å²) in [5.41, 5.74) is 2.21. The third-order valence-corrected chi connectivity index (χ3v) is 4.21. The summed E-state index contributed by atoms with van der Waals surface area (Å²) in [6.07, 6.45) is 0. The zero-order chi connectivity index (χ0) is 15.4. The van der Waals surface area contributed by atoms with Gasteiger partial charge in [-0.1, -0.05) is 45.7 Å². The van der Waals surface area contributed by atoms with Gasteiger partial charge in [0, 0.05) is 14.5 Å². The molecule has 0 atom stereocenters. The van der Waals surface area contributed by atoms with Crippen molar-refractivity contribution < 1.29 is 9.47 Å². The first-order chi connectivity index (χ1) is 10.0. The van der Waals surface area contributed by atoms with E-state index in [1.54, 1.807) is 7.11 Å². The van der Waals surface area contributed by atoms with Crippen LogP contribution in [-0.2, 0) is 6.61 Å². The van der Waals surface area contributed by atoms with Crippen LogP contribution in [-0.4, -0.2) is 7.11 Å². The van der Waals surface area contributed by atoms with Crippen molar-refractivity contribution in [2.75, 3.05) is 7.11 Å². The van der Waals surface area contributed by atoms with Crippen LogP contribution in [0, 0.1) is 0 Å². The van der Waals surface area contributed by atoms with E-state index in [-0.39, 0.29) is 0 Å². The molecule has 2 aromatic rings. The Morgan fingerprint density at radius 1 is 0.952 bits per heavy atom. The molecule has 0 unspecified atom stereocenters. The Hall–Kier alpha value is -1.00. The van der Waals surface area contributed by atoms with Gasteiger partial charge in [0.15, 0.2) is 0 Å². The predicted octanol–water partition coefficient (Wildman–Crippen LogP) is 5.92. The molecule has 0 amide bonds. The van der Waals surface area contributed by atoms with Crippen LogP contribution in [0.3, 0.4) is 0 Å². The Kier molecular flexibility index (Phi) is 5.71. The lowest BCUT2D eigenvalue weighted by Gasteiger charge is -2.16. The Morgan fingerprint density at radius 2 is 1.57 bits per heavy atom. The maximum absolute atomic E-state index is 6.02. The fourth-order valence-corrected chi connectivity index (χ4v) is 2.90. The van der Waals surface area contributed by atoms with E-state index in [2.05, 4.69) is 51.8 Å². The molecule has 0 saturated carbocycles. The normalized spacial score (nSPS) is 10.8. The fraction of sp³-hybridized carbons (Fsp3) is 0.294. The standard InChI is InChI=1S/C17H18Br2O2/c1-11(2)15-9-14(19)5-7-17(15)21-10-12-8-13(18)4-6-16(12)20-3/h4-9,11H,10H2,1-3H3. The molecule has 0 aromatic heterocycles. The lowest BCUT2D eigenvalue weighted by Crippen LogP contribution is -2.02. The molecule has 112 valence electrons. The van der Waals surface area contributed by atoms with Crippen molar-refractivity contribution in [2.24, 2.45) is 0 Å². The highest BCUT2D eigenvalue weighted by molar-refractivity contribution is 9.10. The molecule has 2 nitrogen and oxygen atoms in total. The summed E-state index contributed by atoms with van der Waals surface area (Å²) in [6.45, 7) is 4.80. The van der Waals surface area contributed by atoms with Crippen molar-refractivity contribution in [3.8, 4) is 11.5 Å². The molecule has 0 heterocycles. The van der Waals surface area contributed by atoms with Gasteiger partial charge in [-0.15, -0.1) is 0 Å². The SMILES string of the molecule is COc1ccc(Br)cc1COc1ccc(Br)cc1C(C)C. The summed E-state index contributed by atoms with van der Waals surface area (Å²) in [5.74, 6) is 2.15. The fourth-order valence-electron chi connectivity index (χ4n) is 2.12. The van der Waals surface area contributed by atoms with E-state index in [0.717, 1.165) is 26.0 Å². The molecule has 0 radical (unpaired) electrons. The minimum absolute atomic E-state index is 0.405. The molecule has 21 heavy (non-hydrogen) atoms. The first-order valence-corrected chi connectivity index (χ1v) is 8.34. The van der Waals surface area contributed by atoms with Crippen LogP contribution in [0.25, 0.3) is 0 Å². The number of halogens is 2. The number of rotatable bonds is 5. The summed E-state index contributed by atoms with van der Waals surface area (Å²) in [7, 11) is 1.67. The molecule has 0 N–H and O–H groups in total. The molecule has 2 rings (SSSR count). The smallest absolute Gasteiger partial charge is 0.125 e. The lowest BCUT2D eigenvalue weighted by molar-refractivity contribution is 0.292. The molecular weight excluding hydrogens is 396 g/mol. The van der Waals surface area contributed by atoms with E-state index in [0.29, 0.717) is 12.5 Å². The average Bonchev–Trinajstić information content (AvgIpc) is 2.46. The Balaban J connectivity index is 2.22. The average molecular weight is 414 g/mol. The molecule has 0 bridgehead atoms. The molecule has 4 heteroatoms. The second-order valence-corrected chi connectivity index (χ2v) is 6.91. The van der Waals surface area contributed by atoms with Gasteiger partial charge in [-0.2, -0.15) is 0 Å². The molecule has 0 spiro atoms. The molecular formula is C17H18Br2O2. The molecule has 0 aliphatic heterocycles. The van der Waals surface area contributed by atoms with E-state index in [1.165, 1.54) is 5.56 Å². The molecule has 0 saturated heterocycles. The van der Waals surface area contributed by atoms with Crippen molar-refractivity contribution in [3.05, 3.63) is 56.5 Å². The number of methoxy groups -OCH3 is 1. The predicted molar refractivity (Wildman–Crippen MR) is 93.3 cm³/mol. The van der Waals surface area contributed by atoms with Crippen LogP contribution < -0.4 is 9.47 Å². The minimum Gasteiger partial charge on any atom is -0.496 e. The largest absolute Gasteiger partial charge is 0.496 e. The highest BCUT2D eigenvalue weighted by atomic mass is 79.9. The summed E-state index contributed by atoms with van der Waals surface area (Å²) in [6, 6.07) is 12.0. The van der Waals surface area contributed by atoms with E-state index in [1.807, 2.05) is 30.3 Å². The molecule has 0 fully saturated rings. The summed E-state index contributed by atoms with van der Waals surface area (Å²) >= 11 is 6.99.